The van der Waals surface area contributed by atoms with Gasteiger partial charge in [0, 0.05) is 5.02 Å². The van der Waals surface area contributed by atoms with E-state index >= 15 is 0 Å². The number of hydrogen-bond acceptors (Lipinski definition) is 5. The summed E-state index contributed by atoms with van der Waals surface area (Å²) < 4.78 is 34.2. The number of benzene rings is 2. The van der Waals surface area contributed by atoms with Crippen LogP contribution in [0.3, 0.4) is 0 Å². The summed E-state index contributed by atoms with van der Waals surface area (Å²) in [6.45, 7) is 4.69. The Morgan fingerprint density at radius 2 is 1.73 bits per heavy atom. The highest BCUT2D eigenvalue weighted by Gasteiger charge is 2.16. The number of hydrogen-bond donors (Lipinski definition) is 0. The van der Waals surface area contributed by atoms with Crippen molar-refractivity contribution in [3.05, 3.63) is 58.6 Å². The SMILES string of the molecule is CCOC=O.CCc1ccc(CS(=O)(=O)c2ccc(Cl)cc2)cc1OC. The number of sulfone groups is 1. The molecular formula is C19H23ClO5S. The number of methoxy groups -OCH3 is 1. The third-order valence-corrected chi connectivity index (χ3v) is 5.45. The van der Waals surface area contributed by atoms with E-state index < -0.39 is 9.84 Å². The average molecular weight is 399 g/mol. The quantitative estimate of drug-likeness (QED) is 0.657. The molecule has 0 unspecified atom stereocenters. The largest absolute Gasteiger partial charge is 0.496 e. The second kappa shape index (κ2) is 10.8. The Labute approximate surface area is 159 Å². The summed E-state index contributed by atoms with van der Waals surface area (Å²) in [5.41, 5.74) is 1.77. The average Bonchev–Trinajstić information content (AvgIpc) is 2.63. The van der Waals surface area contributed by atoms with Gasteiger partial charge in [0.1, 0.15) is 5.75 Å². The normalized spacial score (nSPS) is 10.5. The zero-order valence-corrected chi connectivity index (χ0v) is 16.6. The molecule has 0 amide bonds. The van der Waals surface area contributed by atoms with Crippen molar-refractivity contribution in [3.63, 3.8) is 0 Å². The zero-order chi connectivity index (χ0) is 19.6. The van der Waals surface area contributed by atoms with Gasteiger partial charge in [-0.05, 0) is 54.8 Å². The summed E-state index contributed by atoms with van der Waals surface area (Å²) in [6, 6.07) is 11.7. The molecule has 0 aliphatic heterocycles. The molecule has 0 fully saturated rings. The molecule has 0 aliphatic rings. The maximum atomic E-state index is 12.4. The first-order valence-corrected chi connectivity index (χ1v) is 10.1. The maximum Gasteiger partial charge on any atom is 0.293 e. The fourth-order valence-electron chi connectivity index (χ4n) is 2.18. The van der Waals surface area contributed by atoms with Gasteiger partial charge in [-0.25, -0.2) is 8.42 Å². The highest BCUT2D eigenvalue weighted by Crippen LogP contribution is 2.24. The predicted octanol–water partition coefficient (Wildman–Crippen LogP) is 4.06. The van der Waals surface area contributed by atoms with Gasteiger partial charge in [-0.2, -0.15) is 0 Å². The van der Waals surface area contributed by atoms with Crippen LogP contribution in [-0.2, 0) is 31.5 Å². The first kappa shape index (κ1) is 22.0. The van der Waals surface area contributed by atoms with Crippen LogP contribution in [0.4, 0.5) is 0 Å². The third kappa shape index (κ3) is 6.69. The van der Waals surface area contributed by atoms with Crippen LogP contribution in [-0.4, -0.2) is 28.6 Å². The number of halogens is 1. The van der Waals surface area contributed by atoms with Gasteiger partial charge in [0.2, 0.25) is 0 Å². The lowest BCUT2D eigenvalue weighted by atomic mass is 10.1. The standard InChI is InChI=1S/C16H17ClO3S.C3H6O2/c1-3-13-5-4-12(10-16(13)20-2)11-21(18,19)15-8-6-14(17)7-9-15;1-2-5-3-4/h4-10H,3,11H2,1-2H3;3H,2H2,1H3. The molecule has 7 heteroatoms. The van der Waals surface area contributed by atoms with Crippen LogP contribution in [0.1, 0.15) is 25.0 Å². The fourth-order valence-corrected chi connectivity index (χ4v) is 3.65. The third-order valence-electron chi connectivity index (χ3n) is 3.50. The fraction of sp³-hybridized carbons (Fsp3) is 0.316. The van der Waals surface area contributed by atoms with Gasteiger partial charge in [0.15, 0.2) is 9.84 Å². The molecule has 0 bridgehead atoms. The molecule has 5 nitrogen and oxygen atoms in total. The molecule has 0 atom stereocenters. The van der Waals surface area contributed by atoms with E-state index in [4.69, 9.17) is 16.3 Å². The van der Waals surface area contributed by atoms with Crippen LogP contribution in [0.2, 0.25) is 5.02 Å². The minimum atomic E-state index is -3.39. The minimum absolute atomic E-state index is 0.0605. The van der Waals surface area contributed by atoms with E-state index in [1.807, 2.05) is 19.1 Å². The first-order chi connectivity index (χ1) is 12.4. The van der Waals surface area contributed by atoms with Crippen molar-refractivity contribution in [3.8, 4) is 5.75 Å². The van der Waals surface area contributed by atoms with E-state index in [9.17, 15) is 13.2 Å². The lowest BCUT2D eigenvalue weighted by Gasteiger charge is -2.10. The summed E-state index contributed by atoms with van der Waals surface area (Å²) in [7, 11) is -1.80. The van der Waals surface area contributed by atoms with Crippen LogP contribution < -0.4 is 4.74 Å². The summed E-state index contributed by atoms with van der Waals surface area (Å²) in [5.74, 6) is 0.663. The highest BCUT2D eigenvalue weighted by molar-refractivity contribution is 7.90. The van der Waals surface area contributed by atoms with Crippen LogP contribution >= 0.6 is 11.6 Å². The lowest BCUT2D eigenvalue weighted by molar-refractivity contribution is -0.128. The van der Waals surface area contributed by atoms with Gasteiger partial charge in [-0.1, -0.05) is 30.7 Å². The van der Waals surface area contributed by atoms with Crippen molar-refractivity contribution in [1.29, 1.82) is 0 Å². The van der Waals surface area contributed by atoms with Crippen molar-refractivity contribution in [1.82, 2.24) is 0 Å². The number of aryl methyl sites for hydroxylation is 1. The van der Waals surface area contributed by atoms with E-state index in [0.29, 0.717) is 23.7 Å². The smallest absolute Gasteiger partial charge is 0.293 e. The number of ether oxygens (including phenoxy) is 2. The van der Waals surface area contributed by atoms with Crippen LogP contribution in [0, 0.1) is 0 Å². The second-order valence-corrected chi connectivity index (χ2v) is 7.69. The van der Waals surface area contributed by atoms with E-state index in [-0.39, 0.29) is 10.6 Å². The molecule has 0 aromatic heterocycles. The molecule has 2 rings (SSSR count). The monoisotopic (exact) mass is 398 g/mol. The summed E-state index contributed by atoms with van der Waals surface area (Å²) >= 11 is 5.78. The lowest BCUT2D eigenvalue weighted by Crippen LogP contribution is -2.05. The van der Waals surface area contributed by atoms with E-state index in [1.54, 1.807) is 32.2 Å². The molecule has 0 N–H and O–H groups in total. The molecule has 0 saturated heterocycles. The van der Waals surface area contributed by atoms with Crippen molar-refractivity contribution < 1.29 is 22.7 Å². The Morgan fingerprint density at radius 3 is 2.19 bits per heavy atom. The van der Waals surface area contributed by atoms with Gasteiger partial charge >= 0.3 is 0 Å². The van der Waals surface area contributed by atoms with Gasteiger partial charge in [0.25, 0.3) is 6.47 Å². The summed E-state index contributed by atoms with van der Waals surface area (Å²) in [5, 5.41) is 0.517. The van der Waals surface area contributed by atoms with Crippen molar-refractivity contribution >= 4 is 27.9 Å². The molecule has 142 valence electrons. The topological polar surface area (TPSA) is 69.7 Å². The Kier molecular flexibility index (Phi) is 9.16. The molecule has 0 heterocycles. The number of rotatable bonds is 7. The molecular weight excluding hydrogens is 376 g/mol. The summed E-state index contributed by atoms with van der Waals surface area (Å²) in [4.78, 5) is 9.45. The van der Waals surface area contributed by atoms with Gasteiger partial charge in [0.05, 0.1) is 24.4 Å². The van der Waals surface area contributed by atoms with Crippen molar-refractivity contribution in [2.24, 2.45) is 0 Å². The molecule has 0 saturated carbocycles. The van der Waals surface area contributed by atoms with Gasteiger partial charge < -0.3 is 9.47 Å². The highest BCUT2D eigenvalue weighted by atomic mass is 35.5. The van der Waals surface area contributed by atoms with E-state index in [2.05, 4.69) is 4.74 Å². The molecule has 2 aromatic rings. The molecule has 26 heavy (non-hydrogen) atoms. The summed E-state index contributed by atoms with van der Waals surface area (Å²) in [6.07, 6.45) is 0.841. The van der Waals surface area contributed by atoms with Crippen molar-refractivity contribution in [2.75, 3.05) is 13.7 Å². The Bertz CT molecular complexity index is 801. The van der Waals surface area contributed by atoms with Gasteiger partial charge in [-0.15, -0.1) is 0 Å². The molecule has 0 spiro atoms. The molecule has 0 radical (unpaired) electrons. The van der Waals surface area contributed by atoms with E-state index in [1.165, 1.54) is 12.1 Å². The Hall–Kier alpha value is -2.05. The number of carbonyl (C=O) groups is 1. The number of carbonyl (C=O) groups excluding carboxylic acids is 1. The van der Waals surface area contributed by atoms with Gasteiger partial charge in [-0.3, -0.25) is 4.79 Å². The van der Waals surface area contributed by atoms with Crippen LogP contribution in [0.15, 0.2) is 47.4 Å². The molecule has 2 aromatic carbocycles. The van der Waals surface area contributed by atoms with Crippen LogP contribution in [0.5, 0.6) is 5.75 Å². The maximum absolute atomic E-state index is 12.4. The second-order valence-electron chi connectivity index (χ2n) is 5.26. The minimum Gasteiger partial charge on any atom is -0.496 e. The Morgan fingerprint density at radius 1 is 1.08 bits per heavy atom. The van der Waals surface area contributed by atoms with Crippen molar-refractivity contribution in [2.45, 2.75) is 30.9 Å². The predicted molar refractivity (Wildman–Crippen MR) is 102 cm³/mol. The van der Waals surface area contributed by atoms with E-state index in [0.717, 1.165) is 17.7 Å². The first-order valence-electron chi connectivity index (χ1n) is 8.07. The molecule has 0 aliphatic carbocycles. The van der Waals surface area contributed by atoms with Crippen LogP contribution in [0.25, 0.3) is 0 Å². The zero-order valence-electron chi connectivity index (χ0n) is 15.1. The Balaban J connectivity index is 0.000000597.